The maximum absolute atomic E-state index is 12.7. The maximum atomic E-state index is 12.7. The largest absolute Gasteiger partial charge is 0.462 e. The van der Waals surface area contributed by atoms with E-state index in [0.29, 0.717) is 22.5 Å². The monoisotopic (exact) mass is 460 g/mol. The van der Waals surface area contributed by atoms with Crippen LogP contribution in [0, 0.1) is 0 Å². The van der Waals surface area contributed by atoms with Crippen LogP contribution in [0.4, 0.5) is 11.4 Å². The quantitative estimate of drug-likeness (QED) is 0.430. The van der Waals surface area contributed by atoms with Crippen LogP contribution in [0.25, 0.3) is 0 Å². The number of ether oxygens (including phenoxy) is 1. The molecule has 2 aliphatic heterocycles. The molecule has 2 aliphatic rings. The summed E-state index contributed by atoms with van der Waals surface area (Å²) in [6, 6.07) is 13.9. The Hall–Kier alpha value is -4.40. The number of para-hydroxylation sites is 2. The lowest BCUT2D eigenvalue weighted by molar-refractivity contribution is -0.138. The molecule has 3 N–H and O–H groups in total. The third kappa shape index (κ3) is 4.40. The van der Waals surface area contributed by atoms with Gasteiger partial charge in [-0.05, 0) is 37.6 Å². The second-order valence-electron chi connectivity index (χ2n) is 7.70. The van der Waals surface area contributed by atoms with E-state index in [1.807, 2.05) is 18.2 Å². The molecule has 0 spiro atoms. The van der Waals surface area contributed by atoms with E-state index < -0.39 is 11.9 Å². The Balaban J connectivity index is 1.45. The van der Waals surface area contributed by atoms with Gasteiger partial charge in [0.05, 0.1) is 29.1 Å². The zero-order valence-corrected chi connectivity index (χ0v) is 18.6. The predicted octanol–water partition coefficient (Wildman–Crippen LogP) is 3.01. The number of hydrogen-bond acceptors (Lipinski definition) is 7. The highest BCUT2D eigenvalue weighted by Gasteiger charge is 2.34. The van der Waals surface area contributed by atoms with Gasteiger partial charge in [-0.25, -0.2) is 4.79 Å². The minimum atomic E-state index is -0.637. The molecule has 0 atom stereocenters. The molecular formula is C25H24N4O5. The second-order valence-corrected chi connectivity index (χ2v) is 7.70. The van der Waals surface area contributed by atoms with E-state index in [1.165, 1.54) is 0 Å². The summed E-state index contributed by atoms with van der Waals surface area (Å²) >= 11 is 0. The number of nitrogens with one attached hydrogen (secondary N) is 3. The first-order valence-electron chi connectivity index (χ1n) is 10.9. The summed E-state index contributed by atoms with van der Waals surface area (Å²) in [6.45, 7) is 5.87. The normalized spacial score (nSPS) is 14.6. The molecule has 174 valence electrons. The van der Waals surface area contributed by atoms with Crippen LogP contribution in [0.3, 0.4) is 0 Å². The summed E-state index contributed by atoms with van der Waals surface area (Å²) in [4.78, 5) is 51.5. The van der Waals surface area contributed by atoms with Crippen LogP contribution in [0.2, 0.25) is 0 Å². The van der Waals surface area contributed by atoms with E-state index in [4.69, 9.17) is 4.74 Å². The number of fused-ring (bicyclic) bond motifs is 2. The molecule has 0 radical (unpaired) electrons. The highest BCUT2D eigenvalue weighted by atomic mass is 16.5. The Bertz CT molecular complexity index is 1200. The van der Waals surface area contributed by atoms with Gasteiger partial charge < -0.3 is 20.7 Å². The van der Waals surface area contributed by atoms with Crippen LogP contribution in [0.15, 0.2) is 72.2 Å². The third-order valence-corrected chi connectivity index (χ3v) is 5.43. The van der Waals surface area contributed by atoms with Crippen LogP contribution < -0.4 is 16.0 Å². The Morgan fingerprint density at radius 2 is 1.56 bits per heavy atom. The summed E-state index contributed by atoms with van der Waals surface area (Å²) < 4.78 is 5.15. The van der Waals surface area contributed by atoms with Crippen molar-refractivity contribution >= 4 is 35.1 Å². The number of nitrogens with zero attached hydrogens (tertiary/aromatic N) is 1. The number of amides is 3. The van der Waals surface area contributed by atoms with E-state index in [1.54, 1.807) is 37.3 Å². The SMILES string of the molecule is C=C1Nc2ccccc2NC(NC(=O)CCCN2C(=O)c3ccccc3C2=O)=C1C(=O)OCC. The molecule has 2 aromatic carbocycles. The summed E-state index contributed by atoms with van der Waals surface area (Å²) in [7, 11) is 0. The molecule has 0 saturated heterocycles. The van der Waals surface area contributed by atoms with Crippen molar-refractivity contribution in [3.63, 3.8) is 0 Å². The number of esters is 1. The van der Waals surface area contributed by atoms with Crippen molar-refractivity contribution in [2.75, 3.05) is 23.8 Å². The molecule has 4 rings (SSSR count). The molecular weight excluding hydrogens is 436 g/mol. The first kappa shape index (κ1) is 22.8. The summed E-state index contributed by atoms with van der Waals surface area (Å²) in [5.74, 6) is -1.61. The number of imide groups is 1. The topological polar surface area (TPSA) is 117 Å². The Morgan fingerprint density at radius 1 is 0.971 bits per heavy atom. The first-order valence-corrected chi connectivity index (χ1v) is 10.9. The second kappa shape index (κ2) is 9.62. The minimum Gasteiger partial charge on any atom is -0.462 e. The fourth-order valence-electron chi connectivity index (χ4n) is 3.84. The fourth-order valence-corrected chi connectivity index (χ4v) is 3.84. The van der Waals surface area contributed by atoms with Crippen molar-refractivity contribution in [3.8, 4) is 0 Å². The van der Waals surface area contributed by atoms with Gasteiger partial charge in [-0.3, -0.25) is 19.3 Å². The van der Waals surface area contributed by atoms with Crippen molar-refractivity contribution in [1.82, 2.24) is 10.2 Å². The highest BCUT2D eigenvalue weighted by molar-refractivity contribution is 6.21. The van der Waals surface area contributed by atoms with Crippen LogP contribution >= 0.6 is 0 Å². The van der Waals surface area contributed by atoms with Gasteiger partial charge in [0.25, 0.3) is 11.8 Å². The number of benzene rings is 2. The van der Waals surface area contributed by atoms with Crippen molar-refractivity contribution in [1.29, 1.82) is 0 Å². The Labute approximate surface area is 196 Å². The van der Waals surface area contributed by atoms with Crippen molar-refractivity contribution < 1.29 is 23.9 Å². The maximum Gasteiger partial charge on any atom is 0.343 e. The van der Waals surface area contributed by atoms with Gasteiger partial charge in [0.2, 0.25) is 5.91 Å². The average Bonchev–Trinajstić information content (AvgIpc) is 2.96. The molecule has 2 heterocycles. The number of anilines is 2. The van der Waals surface area contributed by atoms with Gasteiger partial charge in [0, 0.05) is 18.7 Å². The lowest BCUT2D eigenvalue weighted by Crippen LogP contribution is -2.33. The van der Waals surface area contributed by atoms with Gasteiger partial charge >= 0.3 is 5.97 Å². The molecule has 0 bridgehead atoms. The number of hydrogen-bond donors (Lipinski definition) is 3. The summed E-state index contributed by atoms with van der Waals surface area (Å²) in [5.41, 5.74) is 2.42. The summed E-state index contributed by atoms with van der Waals surface area (Å²) in [5, 5.41) is 8.86. The zero-order valence-electron chi connectivity index (χ0n) is 18.6. The first-order chi connectivity index (χ1) is 16.4. The standard InChI is InChI=1S/C25H24N4O5/c1-3-34-25(33)21-15(2)26-18-11-6-7-12-19(18)27-22(21)28-20(30)13-8-14-29-23(31)16-9-4-5-10-17(16)24(29)32/h4-7,9-12,26-27H,2-3,8,13-14H2,1H3,(H,28,30). The molecule has 3 amide bonds. The van der Waals surface area contributed by atoms with Gasteiger partial charge in [0.1, 0.15) is 11.4 Å². The van der Waals surface area contributed by atoms with E-state index >= 15 is 0 Å². The van der Waals surface area contributed by atoms with Crippen molar-refractivity contribution in [3.05, 3.63) is 83.3 Å². The van der Waals surface area contributed by atoms with Gasteiger partial charge in [-0.15, -0.1) is 0 Å². The zero-order chi connectivity index (χ0) is 24.2. The Morgan fingerprint density at radius 3 is 2.18 bits per heavy atom. The third-order valence-electron chi connectivity index (χ3n) is 5.43. The lowest BCUT2D eigenvalue weighted by atomic mass is 10.1. The van der Waals surface area contributed by atoms with E-state index in [2.05, 4.69) is 22.5 Å². The molecule has 0 aromatic heterocycles. The molecule has 0 aliphatic carbocycles. The van der Waals surface area contributed by atoms with E-state index in [9.17, 15) is 19.2 Å². The molecule has 2 aromatic rings. The Kier molecular flexibility index (Phi) is 6.44. The molecule has 0 unspecified atom stereocenters. The lowest BCUT2D eigenvalue weighted by Gasteiger charge is -2.16. The fraction of sp³-hybridized carbons (Fsp3) is 0.200. The van der Waals surface area contributed by atoms with E-state index in [0.717, 1.165) is 4.90 Å². The smallest absolute Gasteiger partial charge is 0.343 e. The minimum absolute atomic E-state index is 0.0240. The average molecular weight is 460 g/mol. The van der Waals surface area contributed by atoms with Crippen LogP contribution in [0.5, 0.6) is 0 Å². The van der Waals surface area contributed by atoms with Crippen LogP contribution in [-0.4, -0.2) is 41.7 Å². The van der Waals surface area contributed by atoms with Gasteiger partial charge in [-0.2, -0.15) is 0 Å². The molecule has 0 fully saturated rings. The molecule has 9 heteroatoms. The van der Waals surface area contributed by atoms with Gasteiger partial charge in [-0.1, -0.05) is 30.8 Å². The number of carbonyl (C=O) groups excluding carboxylic acids is 4. The molecule has 0 saturated carbocycles. The molecule has 34 heavy (non-hydrogen) atoms. The van der Waals surface area contributed by atoms with Gasteiger partial charge in [0.15, 0.2) is 0 Å². The van der Waals surface area contributed by atoms with Crippen LogP contribution in [-0.2, 0) is 14.3 Å². The highest BCUT2D eigenvalue weighted by Crippen LogP contribution is 2.30. The number of rotatable bonds is 7. The predicted molar refractivity (Wildman–Crippen MR) is 126 cm³/mol. The number of carbonyl (C=O) groups is 4. The van der Waals surface area contributed by atoms with Crippen LogP contribution in [0.1, 0.15) is 40.5 Å². The van der Waals surface area contributed by atoms with Crippen molar-refractivity contribution in [2.24, 2.45) is 0 Å². The van der Waals surface area contributed by atoms with Crippen molar-refractivity contribution in [2.45, 2.75) is 19.8 Å². The summed E-state index contributed by atoms with van der Waals surface area (Å²) in [6.07, 6.45) is 0.283. The molecule has 9 nitrogen and oxygen atoms in total. The van der Waals surface area contributed by atoms with E-state index in [-0.39, 0.29) is 54.9 Å².